The summed E-state index contributed by atoms with van der Waals surface area (Å²) < 4.78 is 11.6. The Kier molecular flexibility index (Phi) is 6.67. The highest BCUT2D eigenvalue weighted by atomic mass is 16.5. The molecular weight excluding hydrogens is 342 g/mol. The lowest BCUT2D eigenvalue weighted by Gasteiger charge is -2.20. The number of ether oxygens (including phenoxy) is 1. The quantitative estimate of drug-likeness (QED) is 0.648. The Morgan fingerprint density at radius 1 is 1.22 bits per heavy atom. The number of Topliss-reactive ketones (excluding diaryl/α,β-unsaturated/α-hetero) is 1. The first-order valence-corrected chi connectivity index (χ1v) is 9.92. The molecule has 27 heavy (non-hydrogen) atoms. The monoisotopic (exact) mass is 371 g/mol. The molecule has 1 aromatic heterocycles. The Bertz CT molecular complexity index is 834. The van der Waals surface area contributed by atoms with Gasteiger partial charge in [0, 0.05) is 19.0 Å². The summed E-state index contributed by atoms with van der Waals surface area (Å²) in [7, 11) is 3.94. The van der Waals surface area contributed by atoms with Crippen LogP contribution in [-0.2, 0) is 0 Å². The van der Waals surface area contributed by atoms with Crippen LogP contribution in [0.1, 0.15) is 55.5 Å². The number of rotatable bonds is 8. The minimum atomic E-state index is -0.199. The Balaban J connectivity index is 1.77. The molecule has 0 aliphatic heterocycles. The summed E-state index contributed by atoms with van der Waals surface area (Å²) in [6.07, 6.45) is 7.55. The molecule has 1 fully saturated rings. The lowest BCUT2D eigenvalue weighted by molar-refractivity contribution is 0.0943. The van der Waals surface area contributed by atoms with E-state index >= 15 is 0 Å². The molecule has 0 saturated heterocycles. The molecule has 3 rings (SSSR count). The number of ketones is 1. The lowest BCUT2D eigenvalue weighted by atomic mass is 9.85. The van der Waals surface area contributed by atoms with E-state index in [2.05, 4.69) is 0 Å². The molecule has 0 N–H and O–H groups in total. The smallest absolute Gasteiger partial charge is 0.198 e. The molecule has 146 valence electrons. The summed E-state index contributed by atoms with van der Waals surface area (Å²) in [6.45, 7) is 1.23. The van der Waals surface area contributed by atoms with E-state index < -0.39 is 0 Å². The highest BCUT2D eigenvalue weighted by Crippen LogP contribution is 2.29. The average molecular weight is 371 g/mol. The first kappa shape index (κ1) is 19.6. The van der Waals surface area contributed by atoms with E-state index in [1.54, 1.807) is 18.2 Å². The minimum absolute atomic E-state index is 0.0948. The maximum absolute atomic E-state index is 12.6. The highest BCUT2D eigenvalue weighted by molar-refractivity contribution is 5.95. The SMILES string of the molecule is CN(C)CCOc1cccc2c(=O)cc(C(=O)CCC3CCCCC3)oc12. The van der Waals surface area contributed by atoms with E-state index in [1.807, 2.05) is 19.0 Å². The normalized spacial score (nSPS) is 15.4. The van der Waals surface area contributed by atoms with Crippen LogP contribution in [0.25, 0.3) is 11.0 Å². The van der Waals surface area contributed by atoms with Crippen molar-refractivity contribution in [2.45, 2.75) is 44.9 Å². The highest BCUT2D eigenvalue weighted by Gasteiger charge is 2.18. The van der Waals surface area contributed by atoms with Crippen LogP contribution in [0.2, 0.25) is 0 Å². The van der Waals surface area contributed by atoms with Crippen LogP contribution >= 0.6 is 0 Å². The van der Waals surface area contributed by atoms with Crippen molar-refractivity contribution in [2.75, 3.05) is 27.2 Å². The van der Waals surface area contributed by atoms with Crippen molar-refractivity contribution in [1.82, 2.24) is 4.90 Å². The second-order valence-electron chi connectivity index (χ2n) is 7.73. The topological polar surface area (TPSA) is 59.8 Å². The largest absolute Gasteiger partial charge is 0.488 e. The maximum Gasteiger partial charge on any atom is 0.198 e. The van der Waals surface area contributed by atoms with E-state index in [0.717, 1.165) is 13.0 Å². The average Bonchev–Trinajstić information content (AvgIpc) is 2.67. The number of para-hydroxylation sites is 1. The molecule has 0 spiro atoms. The van der Waals surface area contributed by atoms with Gasteiger partial charge in [0.1, 0.15) is 6.61 Å². The molecule has 1 aliphatic carbocycles. The number of carbonyl (C=O) groups excluding carboxylic acids is 1. The summed E-state index contributed by atoms with van der Waals surface area (Å²) in [4.78, 5) is 27.1. The third-order valence-corrected chi connectivity index (χ3v) is 5.29. The fourth-order valence-corrected chi connectivity index (χ4v) is 3.67. The van der Waals surface area contributed by atoms with Crippen molar-refractivity contribution in [3.05, 3.63) is 40.2 Å². The van der Waals surface area contributed by atoms with E-state index in [4.69, 9.17) is 9.15 Å². The maximum atomic E-state index is 12.6. The third kappa shape index (κ3) is 5.19. The molecule has 0 atom stereocenters. The van der Waals surface area contributed by atoms with Crippen LogP contribution in [0.15, 0.2) is 33.5 Å². The van der Waals surface area contributed by atoms with Gasteiger partial charge >= 0.3 is 0 Å². The van der Waals surface area contributed by atoms with Gasteiger partial charge in [0.25, 0.3) is 0 Å². The van der Waals surface area contributed by atoms with Crippen molar-refractivity contribution in [3.63, 3.8) is 0 Å². The third-order valence-electron chi connectivity index (χ3n) is 5.29. The van der Waals surface area contributed by atoms with Crippen LogP contribution < -0.4 is 10.2 Å². The van der Waals surface area contributed by atoms with Gasteiger partial charge in [-0.05, 0) is 38.6 Å². The van der Waals surface area contributed by atoms with Gasteiger partial charge in [0.2, 0.25) is 0 Å². The molecule has 1 aromatic carbocycles. The Hall–Kier alpha value is -2.14. The summed E-state index contributed by atoms with van der Waals surface area (Å²) in [6, 6.07) is 6.58. The van der Waals surface area contributed by atoms with Gasteiger partial charge in [-0.1, -0.05) is 38.2 Å². The predicted molar refractivity (Wildman–Crippen MR) is 107 cm³/mol. The molecule has 5 nitrogen and oxygen atoms in total. The number of hydrogen-bond donors (Lipinski definition) is 0. The zero-order valence-electron chi connectivity index (χ0n) is 16.3. The first-order valence-electron chi connectivity index (χ1n) is 9.92. The van der Waals surface area contributed by atoms with E-state index in [1.165, 1.54) is 38.2 Å². The molecule has 1 heterocycles. The summed E-state index contributed by atoms with van der Waals surface area (Å²) >= 11 is 0. The van der Waals surface area contributed by atoms with Crippen molar-refractivity contribution < 1.29 is 13.9 Å². The molecule has 5 heteroatoms. The summed E-state index contributed by atoms with van der Waals surface area (Å²) in [5.74, 6) is 1.18. The zero-order chi connectivity index (χ0) is 19.2. The van der Waals surface area contributed by atoms with E-state index in [0.29, 0.717) is 35.7 Å². The number of carbonyl (C=O) groups is 1. The molecule has 2 aromatic rings. The van der Waals surface area contributed by atoms with Gasteiger partial charge in [0.05, 0.1) is 5.39 Å². The number of likely N-dealkylation sites (N-methyl/N-ethyl adjacent to an activating group) is 1. The second kappa shape index (κ2) is 9.18. The molecule has 1 saturated carbocycles. The summed E-state index contributed by atoms with van der Waals surface area (Å²) in [5, 5.41) is 0.446. The Labute approximate surface area is 160 Å². The second-order valence-corrected chi connectivity index (χ2v) is 7.73. The molecule has 0 bridgehead atoms. The summed E-state index contributed by atoms with van der Waals surface area (Å²) in [5.41, 5.74) is 0.167. The predicted octanol–water partition coefficient (Wildman–Crippen LogP) is 4.28. The number of benzene rings is 1. The number of nitrogens with zero attached hydrogens (tertiary/aromatic N) is 1. The van der Waals surface area contributed by atoms with E-state index in [-0.39, 0.29) is 17.0 Å². The van der Waals surface area contributed by atoms with Gasteiger partial charge in [-0.2, -0.15) is 0 Å². The van der Waals surface area contributed by atoms with Gasteiger partial charge < -0.3 is 14.1 Å². The van der Waals surface area contributed by atoms with Crippen molar-refractivity contribution >= 4 is 16.8 Å². The molecule has 1 aliphatic rings. The fraction of sp³-hybridized carbons (Fsp3) is 0.545. The number of fused-ring (bicyclic) bond motifs is 1. The molecule has 0 unspecified atom stereocenters. The molecule has 0 amide bonds. The number of hydrogen-bond acceptors (Lipinski definition) is 5. The molecular formula is C22H29NO4. The lowest BCUT2D eigenvalue weighted by Crippen LogP contribution is -2.19. The van der Waals surface area contributed by atoms with Crippen molar-refractivity contribution in [1.29, 1.82) is 0 Å². The van der Waals surface area contributed by atoms with Gasteiger partial charge in [-0.25, -0.2) is 0 Å². The van der Waals surface area contributed by atoms with Crippen LogP contribution in [0.5, 0.6) is 5.75 Å². The Morgan fingerprint density at radius 3 is 2.74 bits per heavy atom. The van der Waals surface area contributed by atoms with Gasteiger partial charge in [-0.15, -0.1) is 0 Å². The van der Waals surface area contributed by atoms with Crippen molar-refractivity contribution in [2.24, 2.45) is 5.92 Å². The fourth-order valence-electron chi connectivity index (χ4n) is 3.67. The minimum Gasteiger partial charge on any atom is -0.488 e. The Morgan fingerprint density at radius 2 is 2.00 bits per heavy atom. The van der Waals surface area contributed by atoms with Crippen LogP contribution in [0, 0.1) is 5.92 Å². The van der Waals surface area contributed by atoms with Crippen LogP contribution in [-0.4, -0.2) is 37.9 Å². The van der Waals surface area contributed by atoms with Crippen LogP contribution in [0.3, 0.4) is 0 Å². The zero-order valence-corrected chi connectivity index (χ0v) is 16.3. The standard InChI is InChI=1S/C22H29NO4/c1-23(2)13-14-26-20-10-6-9-17-19(25)15-21(27-22(17)20)18(24)12-11-16-7-4-3-5-8-16/h6,9-10,15-16H,3-5,7-8,11-14H2,1-2H3. The van der Waals surface area contributed by atoms with Gasteiger partial charge in [-0.3, -0.25) is 9.59 Å². The van der Waals surface area contributed by atoms with E-state index in [9.17, 15) is 9.59 Å². The van der Waals surface area contributed by atoms with Crippen LogP contribution in [0.4, 0.5) is 0 Å². The van der Waals surface area contributed by atoms with Gasteiger partial charge in [0.15, 0.2) is 28.3 Å². The first-order chi connectivity index (χ1) is 13.0. The molecule has 0 radical (unpaired) electrons. The van der Waals surface area contributed by atoms with Crippen molar-refractivity contribution in [3.8, 4) is 5.75 Å².